The summed E-state index contributed by atoms with van der Waals surface area (Å²) in [6.45, 7) is 9.13. The van der Waals surface area contributed by atoms with Gasteiger partial charge < -0.3 is 14.6 Å². The van der Waals surface area contributed by atoms with Gasteiger partial charge in [0.2, 0.25) is 5.91 Å². The van der Waals surface area contributed by atoms with E-state index in [4.69, 9.17) is 4.74 Å². The van der Waals surface area contributed by atoms with Crippen LogP contribution in [-0.2, 0) is 17.9 Å². The molecule has 1 aromatic heterocycles. The maximum absolute atomic E-state index is 12.3. The summed E-state index contributed by atoms with van der Waals surface area (Å²) in [6, 6.07) is 13.8. The van der Waals surface area contributed by atoms with E-state index in [0.29, 0.717) is 18.3 Å². The number of nitrogens with one attached hydrogen (secondary N) is 1. The van der Waals surface area contributed by atoms with Crippen LogP contribution in [0.3, 0.4) is 0 Å². The predicted octanol–water partition coefficient (Wildman–Crippen LogP) is 4.53. The first-order valence-corrected chi connectivity index (χ1v) is 10.6. The van der Waals surface area contributed by atoms with Gasteiger partial charge in [-0.3, -0.25) is 4.79 Å². The van der Waals surface area contributed by atoms with E-state index in [1.165, 1.54) is 11.8 Å². The Hall–Kier alpha value is -2.80. The second-order valence-corrected chi connectivity index (χ2v) is 7.80. The van der Waals surface area contributed by atoms with Crippen LogP contribution in [0.15, 0.2) is 47.6 Å². The molecule has 3 rings (SSSR count). The average molecular weight is 411 g/mol. The minimum atomic E-state index is -0.0698. The van der Waals surface area contributed by atoms with Crippen molar-refractivity contribution in [2.75, 3.05) is 11.1 Å². The Morgan fingerprint density at radius 2 is 1.83 bits per heavy atom. The van der Waals surface area contributed by atoms with Crippen LogP contribution in [0.5, 0.6) is 5.75 Å². The van der Waals surface area contributed by atoms with E-state index in [1.54, 1.807) is 0 Å². The summed E-state index contributed by atoms with van der Waals surface area (Å²) in [5.74, 6) is 1.82. The lowest BCUT2D eigenvalue weighted by Gasteiger charge is -2.12. The summed E-state index contributed by atoms with van der Waals surface area (Å²) in [5, 5.41) is 12.2. The first-order valence-electron chi connectivity index (χ1n) is 9.58. The third-order valence-electron chi connectivity index (χ3n) is 4.50. The average Bonchev–Trinajstić information content (AvgIpc) is 3.08. The van der Waals surface area contributed by atoms with Crippen molar-refractivity contribution in [3.8, 4) is 5.75 Å². The molecule has 0 saturated heterocycles. The molecule has 1 N–H and O–H groups in total. The highest BCUT2D eigenvalue weighted by Gasteiger charge is 2.15. The lowest BCUT2D eigenvalue weighted by atomic mass is 10.1. The van der Waals surface area contributed by atoms with Gasteiger partial charge in [-0.2, -0.15) is 0 Å². The molecule has 0 spiro atoms. The van der Waals surface area contributed by atoms with Gasteiger partial charge >= 0.3 is 0 Å². The molecular formula is C22H26N4O2S. The van der Waals surface area contributed by atoms with Gasteiger partial charge in [0.25, 0.3) is 0 Å². The van der Waals surface area contributed by atoms with Crippen molar-refractivity contribution in [3.05, 3.63) is 65.0 Å². The minimum Gasteiger partial charge on any atom is -0.485 e. The maximum Gasteiger partial charge on any atom is 0.234 e. The van der Waals surface area contributed by atoms with Gasteiger partial charge in [0.1, 0.15) is 12.4 Å². The molecule has 0 unspecified atom stereocenters. The third-order valence-corrected chi connectivity index (χ3v) is 5.47. The van der Waals surface area contributed by atoms with E-state index in [2.05, 4.69) is 15.5 Å². The second kappa shape index (κ2) is 9.60. The summed E-state index contributed by atoms with van der Waals surface area (Å²) < 4.78 is 8.00. The number of carbonyl (C=O) groups excluding carboxylic acids is 1. The van der Waals surface area contributed by atoms with E-state index in [9.17, 15) is 4.79 Å². The molecule has 0 radical (unpaired) electrons. The third kappa shape index (κ3) is 5.38. The topological polar surface area (TPSA) is 69.0 Å². The Balaban J connectivity index is 1.61. The van der Waals surface area contributed by atoms with Crippen molar-refractivity contribution in [1.29, 1.82) is 0 Å². The smallest absolute Gasteiger partial charge is 0.234 e. The van der Waals surface area contributed by atoms with E-state index >= 15 is 0 Å². The van der Waals surface area contributed by atoms with Crippen molar-refractivity contribution >= 4 is 23.4 Å². The fourth-order valence-corrected chi connectivity index (χ4v) is 3.88. The fraction of sp³-hybridized carbons (Fsp3) is 0.318. The van der Waals surface area contributed by atoms with Crippen LogP contribution in [0, 0.1) is 20.8 Å². The molecule has 6 nitrogen and oxygen atoms in total. The number of benzene rings is 2. The highest BCUT2D eigenvalue weighted by molar-refractivity contribution is 7.99. The molecular weight excluding hydrogens is 384 g/mol. The fourth-order valence-electron chi connectivity index (χ4n) is 3.06. The van der Waals surface area contributed by atoms with Crippen LogP contribution in [0.1, 0.15) is 29.4 Å². The Morgan fingerprint density at radius 3 is 2.52 bits per heavy atom. The number of nitrogens with zero attached hydrogens (tertiary/aromatic N) is 3. The van der Waals surface area contributed by atoms with Crippen LogP contribution < -0.4 is 10.1 Å². The summed E-state index contributed by atoms with van der Waals surface area (Å²) in [7, 11) is 0. The van der Waals surface area contributed by atoms with Crippen LogP contribution in [0.25, 0.3) is 0 Å². The summed E-state index contributed by atoms with van der Waals surface area (Å²) in [5.41, 5.74) is 4.09. The van der Waals surface area contributed by atoms with Crippen molar-refractivity contribution in [2.24, 2.45) is 0 Å². The number of anilines is 1. The zero-order valence-electron chi connectivity index (χ0n) is 17.2. The number of hydrogen-bond donors (Lipinski definition) is 1. The molecule has 0 fully saturated rings. The molecule has 29 heavy (non-hydrogen) atoms. The second-order valence-electron chi connectivity index (χ2n) is 6.86. The summed E-state index contributed by atoms with van der Waals surface area (Å²) >= 11 is 1.37. The van der Waals surface area contributed by atoms with Crippen LogP contribution in [0.2, 0.25) is 0 Å². The van der Waals surface area contributed by atoms with Crippen molar-refractivity contribution in [1.82, 2.24) is 14.8 Å². The Bertz CT molecular complexity index is 980. The molecule has 0 aliphatic carbocycles. The van der Waals surface area contributed by atoms with Gasteiger partial charge in [-0.1, -0.05) is 42.1 Å². The number of carbonyl (C=O) groups is 1. The van der Waals surface area contributed by atoms with E-state index in [-0.39, 0.29) is 11.7 Å². The van der Waals surface area contributed by atoms with Crippen LogP contribution in [0.4, 0.5) is 5.69 Å². The molecule has 0 aliphatic heterocycles. The first kappa shape index (κ1) is 20.9. The number of thioether (sulfide) groups is 1. The molecule has 0 aliphatic rings. The molecule has 152 valence electrons. The first-order chi connectivity index (χ1) is 14.0. The number of amides is 1. The number of ether oxygens (including phenoxy) is 1. The number of hydrogen-bond acceptors (Lipinski definition) is 5. The zero-order valence-corrected chi connectivity index (χ0v) is 18.0. The normalized spacial score (nSPS) is 10.8. The molecule has 1 amide bonds. The molecule has 2 aromatic carbocycles. The van der Waals surface area contributed by atoms with Gasteiger partial charge in [-0.15, -0.1) is 10.2 Å². The Labute approximate surface area is 175 Å². The molecule has 7 heteroatoms. The summed E-state index contributed by atoms with van der Waals surface area (Å²) in [4.78, 5) is 12.3. The van der Waals surface area contributed by atoms with Gasteiger partial charge in [0.05, 0.1) is 5.75 Å². The molecule has 0 atom stereocenters. The zero-order chi connectivity index (χ0) is 20.8. The quantitative estimate of drug-likeness (QED) is 0.553. The SMILES string of the molecule is CCn1c(COc2c(C)cccc2C)nnc1SCC(=O)Nc1cccc(C)c1. The Kier molecular flexibility index (Phi) is 6.93. The molecule has 3 aromatic rings. The van der Waals surface area contributed by atoms with Gasteiger partial charge in [-0.25, -0.2) is 0 Å². The van der Waals surface area contributed by atoms with Crippen molar-refractivity contribution < 1.29 is 9.53 Å². The number of aryl methyl sites for hydroxylation is 3. The lowest BCUT2D eigenvalue weighted by molar-refractivity contribution is -0.113. The van der Waals surface area contributed by atoms with Gasteiger partial charge in [-0.05, 0) is 56.5 Å². The van der Waals surface area contributed by atoms with Gasteiger partial charge in [0.15, 0.2) is 11.0 Å². The number of aromatic nitrogens is 3. The van der Waals surface area contributed by atoms with E-state index in [0.717, 1.165) is 34.0 Å². The number of para-hydroxylation sites is 1. The van der Waals surface area contributed by atoms with Crippen LogP contribution in [-0.4, -0.2) is 26.4 Å². The largest absolute Gasteiger partial charge is 0.485 e. The monoisotopic (exact) mass is 410 g/mol. The predicted molar refractivity (Wildman–Crippen MR) is 116 cm³/mol. The molecule has 0 bridgehead atoms. The standard InChI is InChI=1S/C22H26N4O2S/c1-5-26-19(13-28-21-16(3)9-7-10-17(21)4)24-25-22(26)29-14-20(27)23-18-11-6-8-15(2)12-18/h6-12H,5,13-14H2,1-4H3,(H,23,27). The minimum absolute atomic E-state index is 0.0698. The van der Waals surface area contributed by atoms with Crippen LogP contribution >= 0.6 is 11.8 Å². The molecule has 0 saturated carbocycles. The summed E-state index contributed by atoms with van der Waals surface area (Å²) in [6.07, 6.45) is 0. The van der Waals surface area contributed by atoms with E-state index < -0.39 is 0 Å². The highest BCUT2D eigenvalue weighted by Crippen LogP contribution is 2.24. The highest BCUT2D eigenvalue weighted by atomic mass is 32.2. The maximum atomic E-state index is 12.3. The van der Waals surface area contributed by atoms with Crippen molar-refractivity contribution in [3.63, 3.8) is 0 Å². The molecule has 1 heterocycles. The van der Waals surface area contributed by atoms with Gasteiger partial charge in [0, 0.05) is 12.2 Å². The Morgan fingerprint density at radius 1 is 1.10 bits per heavy atom. The lowest BCUT2D eigenvalue weighted by Crippen LogP contribution is -2.15. The van der Waals surface area contributed by atoms with E-state index in [1.807, 2.05) is 74.7 Å². The number of rotatable bonds is 8. The van der Waals surface area contributed by atoms with Crippen molar-refractivity contribution in [2.45, 2.75) is 46.0 Å².